The van der Waals surface area contributed by atoms with Gasteiger partial charge in [0.25, 0.3) is 0 Å². The lowest BCUT2D eigenvalue weighted by atomic mass is 9.65. The van der Waals surface area contributed by atoms with Crippen molar-refractivity contribution in [3.05, 3.63) is 117 Å². The first kappa shape index (κ1) is 33.0. The number of aryl methyl sites for hydroxylation is 4. The maximum Gasteiger partial charge on any atom is 0.118 e. The highest BCUT2D eigenvalue weighted by Crippen LogP contribution is 2.46. The molecule has 0 fully saturated rings. The van der Waals surface area contributed by atoms with Crippen LogP contribution in [-0.2, 0) is 36.5 Å². The monoisotopic (exact) mass is 594 g/mol. The van der Waals surface area contributed by atoms with Crippen LogP contribution in [0.15, 0.2) is 72.8 Å². The van der Waals surface area contributed by atoms with Crippen LogP contribution in [0.25, 0.3) is 0 Å². The summed E-state index contributed by atoms with van der Waals surface area (Å²) in [4.78, 5) is 0. The van der Waals surface area contributed by atoms with Crippen LogP contribution in [0.1, 0.15) is 112 Å². The molecule has 0 aliphatic carbocycles. The van der Waals surface area contributed by atoms with E-state index in [2.05, 4.69) is 65.8 Å². The SMILES string of the molecule is CCCc1cc(C(C)(CCC(C)(c2ccc(O)c(CC)c2)c2ccc(O)c(CC)c2)c2ccc(O)c(CCC)c2)ccc1O. The van der Waals surface area contributed by atoms with Gasteiger partial charge in [-0.25, -0.2) is 0 Å². The van der Waals surface area contributed by atoms with Gasteiger partial charge < -0.3 is 20.4 Å². The van der Waals surface area contributed by atoms with Crippen molar-refractivity contribution < 1.29 is 20.4 Å². The van der Waals surface area contributed by atoms with Crippen molar-refractivity contribution in [1.29, 1.82) is 0 Å². The molecule has 0 aliphatic heterocycles. The van der Waals surface area contributed by atoms with E-state index in [1.54, 1.807) is 12.1 Å². The predicted molar refractivity (Wildman–Crippen MR) is 181 cm³/mol. The summed E-state index contributed by atoms with van der Waals surface area (Å²) >= 11 is 0. The summed E-state index contributed by atoms with van der Waals surface area (Å²) in [6.07, 6.45) is 6.48. The van der Waals surface area contributed by atoms with Gasteiger partial charge in [-0.3, -0.25) is 0 Å². The van der Waals surface area contributed by atoms with E-state index in [1.165, 1.54) is 0 Å². The van der Waals surface area contributed by atoms with Gasteiger partial charge in [-0.15, -0.1) is 0 Å². The fourth-order valence-electron chi connectivity index (χ4n) is 6.63. The second-order valence-corrected chi connectivity index (χ2v) is 12.7. The Bertz CT molecular complexity index is 1480. The topological polar surface area (TPSA) is 80.9 Å². The van der Waals surface area contributed by atoms with Crippen LogP contribution >= 0.6 is 0 Å². The molecule has 0 saturated heterocycles. The summed E-state index contributed by atoms with van der Waals surface area (Å²) in [5, 5.41) is 42.5. The molecule has 4 heteroatoms. The molecule has 0 spiro atoms. The minimum absolute atomic E-state index is 0.309. The highest BCUT2D eigenvalue weighted by Gasteiger charge is 2.37. The summed E-state index contributed by atoms with van der Waals surface area (Å²) in [6, 6.07) is 24.0. The fraction of sp³-hybridized carbons (Fsp3) is 0.400. The normalized spacial score (nSPS) is 12.0. The molecule has 0 aromatic heterocycles. The van der Waals surface area contributed by atoms with Gasteiger partial charge in [0, 0.05) is 10.8 Å². The van der Waals surface area contributed by atoms with Crippen LogP contribution in [-0.4, -0.2) is 20.4 Å². The number of phenols is 4. The van der Waals surface area contributed by atoms with Crippen LogP contribution in [0.3, 0.4) is 0 Å². The van der Waals surface area contributed by atoms with Gasteiger partial charge in [0.15, 0.2) is 0 Å². The molecular formula is C40H50O4. The van der Waals surface area contributed by atoms with Crippen LogP contribution in [0.5, 0.6) is 23.0 Å². The minimum atomic E-state index is -0.428. The van der Waals surface area contributed by atoms with E-state index in [1.807, 2.05) is 36.4 Å². The molecule has 234 valence electrons. The Balaban J connectivity index is 1.91. The van der Waals surface area contributed by atoms with Crippen molar-refractivity contribution >= 4 is 0 Å². The van der Waals surface area contributed by atoms with E-state index in [4.69, 9.17) is 0 Å². The van der Waals surface area contributed by atoms with Gasteiger partial charge in [-0.05, 0) is 107 Å². The lowest BCUT2D eigenvalue weighted by Crippen LogP contribution is -2.31. The van der Waals surface area contributed by atoms with E-state index in [-0.39, 0.29) is 0 Å². The first-order chi connectivity index (χ1) is 21.0. The Kier molecular flexibility index (Phi) is 10.3. The van der Waals surface area contributed by atoms with Crippen LogP contribution in [0, 0.1) is 0 Å². The zero-order valence-electron chi connectivity index (χ0n) is 27.4. The zero-order valence-corrected chi connectivity index (χ0v) is 27.4. The maximum atomic E-state index is 10.7. The number of benzene rings is 4. The van der Waals surface area contributed by atoms with Crippen molar-refractivity contribution in [2.45, 2.75) is 104 Å². The van der Waals surface area contributed by atoms with Crippen molar-refractivity contribution in [3.63, 3.8) is 0 Å². The number of rotatable bonds is 13. The molecule has 0 unspecified atom stereocenters. The number of phenolic OH excluding ortho intramolecular Hbond substituents is 4. The highest BCUT2D eigenvalue weighted by molar-refractivity contribution is 5.50. The van der Waals surface area contributed by atoms with Crippen LogP contribution in [0.2, 0.25) is 0 Å². The average molecular weight is 595 g/mol. The molecule has 0 heterocycles. The summed E-state index contributed by atoms with van der Waals surface area (Å²) in [7, 11) is 0. The number of aromatic hydroxyl groups is 4. The molecule has 4 rings (SSSR count). The second-order valence-electron chi connectivity index (χ2n) is 12.7. The molecule has 4 aromatic carbocycles. The lowest BCUT2D eigenvalue weighted by molar-refractivity contribution is 0.408. The predicted octanol–water partition coefficient (Wildman–Crippen LogP) is 9.63. The second kappa shape index (κ2) is 13.8. The Labute approximate surface area is 264 Å². The van der Waals surface area contributed by atoms with Crippen molar-refractivity contribution in [2.75, 3.05) is 0 Å². The fourth-order valence-corrected chi connectivity index (χ4v) is 6.63. The summed E-state index contributed by atoms with van der Waals surface area (Å²) in [6.45, 7) is 12.9. The highest BCUT2D eigenvalue weighted by atomic mass is 16.3. The van der Waals surface area contributed by atoms with Crippen molar-refractivity contribution in [1.82, 2.24) is 0 Å². The van der Waals surface area contributed by atoms with Gasteiger partial charge in [0.05, 0.1) is 0 Å². The molecule has 0 radical (unpaired) electrons. The third-order valence-corrected chi connectivity index (χ3v) is 9.79. The number of hydrogen-bond donors (Lipinski definition) is 4. The summed E-state index contributed by atoms with van der Waals surface area (Å²) in [5.41, 5.74) is 7.38. The van der Waals surface area contributed by atoms with Gasteiger partial charge >= 0.3 is 0 Å². The maximum absolute atomic E-state index is 10.7. The third kappa shape index (κ3) is 6.60. The van der Waals surface area contributed by atoms with E-state index >= 15 is 0 Å². The molecule has 4 nitrogen and oxygen atoms in total. The first-order valence-electron chi connectivity index (χ1n) is 16.3. The molecular weight excluding hydrogens is 544 g/mol. The lowest BCUT2D eigenvalue weighted by Gasteiger charge is -2.38. The molecule has 4 aromatic rings. The Morgan fingerprint density at radius 2 is 0.705 bits per heavy atom. The first-order valence-corrected chi connectivity index (χ1v) is 16.3. The standard InChI is InChI=1S/C40H50O4/c1-7-11-29-25-33(15-19-37(29)43)40(6,34-16-20-38(44)30(26-34)12-8-2)22-21-39(5,31-13-17-35(41)27(9-3)23-31)32-14-18-36(42)28(10-4)24-32/h13-20,23-26,41-44H,7-12,21-22H2,1-6H3. The van der Waals surface area contributed by atoms with Crippen molar-refractivity contribution in [2.24, 2.45) is 0 Å². The van der Waals surface area contributed by atoms with E-state index in [9.17, 15) is 20.4 Å². The third-order valence-electron chi connectivity index (χ3n) is 9.79. The molecule has 0 saturated carbocycles. The Morgan fingerprint density at radius 1 is 0.432 bits per heavy atom. The van der Waals surface area contributed by atoms with Gasteiger partial charge in [-0.1, -0.05) is 103 Å². The molecule has 0 aliphatic rings. The molecule has 4 N–H and O–H groups in total. The Hall–Kier alpha value is -3.92. The van der Waals surface area contributed by atoms with Gasteiger partial charge in [-0.2, -0.15) is 0 Å². The summed E-state index contributed by atoms with van der Waals surface area (Å²) in [5.74, 6) is 1.27. The van der Waals surface area contributed by atoms with Crippen LogP contribution < -0.4 is 0 Å². The number of hydrogen-bond acceptors (Lipinski definition) is 4. The van der Waals surface area contributed by atoms with E-state index in [0.717, 1.165) is 95.9 Å². The molecule has 44 heavy (non-hydrogen) atoms. The van der Waals surface area contributed by atoms with Crippen LogP contribution in [0.4, 0.5) is 0 Å². The largest absolute Gasteiger partial charge is 0.508 e. The Morgan fingerprint density at radius 3 is 0.977 bits per heavy atom. The van der Waals surface area contributed by atoms with E-state index in [0.29, 0.717) is 23.0 Å². The molecule has 0 amide bonds. The smallest absolute Gasteiger partial charge is 0.118 e. The quantitative estimate of drug-likeness (QED) is 0.124. The van der Waals surface area contributed by atoms with E-state index < -0.39 is 10.8 Å². The van der Waals surface area contributed by atoms with Gasteiger partial charge in [0.1, 0.15) is 23.0 Å². The van der Waals surface area contributed by atoms with Gasteiger partial charge in [0.2, 0.25) is 0 Å². The average Bonchev–Trinajstić information content (AvgIpc) is 3.02. The zero-order chi connectivity index (χ0) is 32.1. The minimum Gasteiger partial charge on any atom is -0.508 e. The van der Waals surface area contributed by atoms with Crippen molar-refractivity contribution in [3.8, 4) is 23.0 Å². The summed E-state index contributed by atoms with van der Waals surface area (Å²) < 4.78 is 0. The molecule has 0 bridgehead atoms. The molecule has 0 atom stereocenters.